The molecule has 0 atom stereocenters. The molecule has 1 heterocycles. The summed E-state index contributed by atoms with van der Waals surface area (Å²) in [5, 5.41) is 0. The number of halogens is 1. The van der Waals surface area contributed by atoms with E-state index >= 15 is 0 Å². The minimum atomic E-state index is 0.707. The molecular weight excluding hydrogens is 254 g/mol. The Morgan fingerprint density at radius 2 is 1.67 bits per heavy atom. The summed E-state index contributed by atoms with van der Waals surface area (Å²) >= 11 is 3.40. The van der Waals surface area contributed by atoms with Crippen LogP contribution in [-0.2, 0) is 0 Å². The molecule has 2 nitrogen and oxygen atoms in total. The number of fused-ring (bicyclic) bond motifs is 3. The Morgan fingerprint density at radius 1 is 0.933 bits per heavy atom. The maximum absolute atomic E-state index is 12.0. The van der Waals surface area contributed by atoms with Crippen molar-refractivity contribution in [1.29, 1.82) is 0 Å². The lowest BCUT2D eigenvalue weighted by atomic mass is 10.1. The van der Waals surface area contributed by atoms with Gasteiger partial charge in [0.25, 0.3) is 11.4 Å². The van der Waals surface area contributed by atoms with E-state index in [9.17, 15) is 4.91 Å². The van der Waals surface area contributed by atoms with Crippen LogP contribution in [0.5, 0.6) is 0 Å². The second kappa shape index (κ2) is 3.00. The number of nitroso groups, excluding NO2 is 1. The first-order valence-electron chi connectivity index (χ1n) is 4.64. The quantitative estimate of drug-likeness (QED) is 0.559. The van der Waals surface area contributed by atoms with E-state index in [4.69, 9.17) is 0 Å². The van der Waals surface area contributed by atoms with Crippen LogP contribution in [-0.4, -0.2) is 0 Å². The standard InChI is InChI=1S/C12H7BrNO/c13-10-6-3-5-9-8-4-1-2-7-11(8)14(15)12(9)10/h1-7H/q+1. The zero-order chi connectivity index (χ0) is 10.4. The number of hydrogen-bond donors (Lipinski definition) is 0. The first kappa shape index (κ1) is 8.80. The molecule has 0 fully saturated rings. The zero-order valence-electron chi connectivity index (χ0n) is 7.77. The van der Waals surface area contributed by atoms with Gasteiger partial charge in [-0.1, -0.05) is 18.2 Å². The van der Waals surface area contributed by atoms with Crippen LogP contribution in [0.4, 0.5) is 11.4 Å². The molecule has 3 heteroatoms. The maximum Gasteiger partial charge on any atom is 0.285 e. The Bertz CT molecular complexity index is 578. The summed E-state index contributed by atoms with van der Waals surface area (Å²) in [5.41, 5.74) is 3.43. The number of hydrogen-bond acceptors (Lipinski definition) is 1. The van der Waals surface area contributed by atoms with Gasteiger partial charge in [-0.05, 0) is 34.1 Å². The van der Waals surface area contributed by atoms with E-state index in [-0.39, 0.29) is 0 Å². The van der Waals surface area contributed by atoms with Gasteiger partial charge < -0.3 is 0 Å². The van der Waals surface area contributed by atoms with Gasteiger partial charge in [0.05, 0.1) is 20.4 Å². The molecule has 0 radical (unpaired) electrons. The van der Waals surface area contributed by atoms with Crippen LogP contribution in [0, 0.1) is 4.91 Å². The number of nitrogens with zero attached hydrogens (tertiary/aromatic N) is 1. The highest BCUT2D eigenvalue weighted by Crippen LogP contribution is 2.47. The molecule has 0 spiro atoms. The van der Waals surface area contributed by atoms with Crippen LogP contribution >= 0.6 is 15.9 Å². The minimum absolute atomic E-state index is 0.707. The fourth-order valence-electron chi connectivity index (χ4n) is 1.94. The Kier molecular flexibility index (Phi) is 1.76. The lowest BCUT2D eigenvalue weighted by molar-refractivity contribution is 1.08. The maximum atomic E-state index is 12.0. The third kappa shape index (κ3) is 1.10. The van der Waals surface area contributed by atoms with E-state index < -0.39 is 0 Å². The molecule has 1 aliphatic rings. The van der Waals surface area contributed by atoms with E-state index in [1.165, 1.54) is 0 Å². The Hall–Kier alpha value is -1.48. The smallest absolute Gasteiger partial charge is 0.0611 e. The monoisotopic (exact) mass is 260 g/mol. The molecule has 2 aromatic carbocycles. The molecule has 0 unspecified atom stereocenters. The molecule has 0 N–H and O–H groups in total. The molecule has 0 bridgehead atoms. The van der Waals surface area contributed by atoms with Gasteiger partial charge in [-0.2, -0.15) is 0 Å². The molecule has 1 aliphatic heterocycles. The van der Waals surface area contributed by atoms with E-state index in [2.05, 4.69) is 15.9 Å². The van der Waals surface area contributed by atoms with Gasteiger partial charge in [0.2, 0.25) is 0 Å². The van der Waals surface area contributed by atoms with Crippen molar-refractivity contribution in [2.45, 2.75) is 0 Å². The average Bonchev–Trinajstić information content (AvgIpc) is 2.55. The molecule has 0 saturated carbocycles. The van der Waals surface area contributed by atoms with E-state index in [0.29, 0.717) is 5.69 Å². The molecule has 0 aliphatic carbocycles. The average molecular weight is 261 g/mol. The number of para-hydroxylation sites is 2. The van der Waals surface area contributed by atoms with Gasteiger partial charge in [-0.15, -0.1) is 0 Å². The molecule has 0 aromatic heterocycles. The highest BCUT2D eigenvalue weighted by Gasteiger charge is 2.36. The predicted octanol–water partition coefficient (Wildman–Crippen LogP) is 4.03. The first-order valence-corrected chi connectivity index (χ1v) is 5.43. The van der Waals surface area contributed by atoms with Crippen molar-refractivity contribution < 1.29 is 0 Å². The highest BCUT2D eigenvalue weighted by atomic mass is 79.9. The molecular formula is C12H7BrNO+. The second-order valence-electron chi connectivity index (χ2n) is 3.45. The van der Waals surface area contributed by atoms with Crippen LogP contribution in [0.3, 0.4) is 0 Å². The summed E-state index contributed by atoms with van der Waals surface area (Å²) in [7, 11) is 0. The van der Waals surface area contributed by atoms with Crippen LogP contribution in [0.25, 0.3) is 11.1 Å². The largest absolute Gasteiger partial charge is 0.285 e. The van der Waals surface area contributed by atoms with Crippen molar-refractivity contribution in [3.05, 3.63) is 51.8 Å². The highest BCUT2D eigenvalue weighted by molar-refractivity contribution is 9.10. The lowest BCUT2D eigenvalue weighted by Gasteiger charge is -1.92. The lowest BCUT2D eigenvalue weighted by Crippen LogP contribution is -1.92. The summed E-state index contributed by atoms with van der Waals surface area (Å²) in [6, 6.07) is 13.4. The van der Waals surface area contributed by atoms with Gasteiger partial charge in [0, 0.05) is 11.0 Å². The normalized spacial score (nSPS) is 12.5. The Morgan fingerprint density at radius 3 is 2.53 bits per heavy atom. The van der Waals surface area contributed by atoms with Crippen molar-refractivity contribution >= 4 is 27.3 Å². The van der Waals surface area contributed by atoms with Gasteiger partial charge in [-0.3, -0.25) is 0 Å². The van der Waals surface area contributed by atoms with E-state index in [0.717, 1.165) is 26.0 Å². The summed E-state index contributed by atoms with van der Waals surface area (Å²) in [5.74, 6) is 0. The van der Waals surface area contributed by atoms with Crippen molar-refractivity contribution in [3.63, 3.8) is 0 Å². The van der Waals surface area contributed by atoms with Crippen LogP contribution in [0.15, 0.2) is 46.9 Å². The number of rotatable bonds is 0. The van der Waals surface area contributed by atoms with Gasteiger partial charge in [0.15, 0.2) is 0 Å². The van der Waals surface area contributed by atoms with Gasteiger partial charge in [0.1, 0.15) is 0 Å². The van der Waals surface area contributed by atoms with Crippen molar-refractivity contribution in [2.24, 2.45) is 0 Å². The van der Waals surface area contributed by atoms with Crippen molar-refractivity contribution in [2.75, 3.05) is 0 Å². The van der Waals surface area contributed by atoms with Crippen LogP contribution < -0.4 is 4.76 Å². The molecule has 0 amide bonds. The summed E-state index contributed by atoms with van der Waals surface area (Å²) in [4.78, 5) is 12.0. The number of benzene rings is 2. The fraction of sp³-hybridized carbons (Fsp3) is 0. The predicted molar refractivity (Wildman–Crippen MR) is 64.4 cm³/mol. The van der Waals surface area contributed by atoms with E-state index in [1.807, 2.05) is 42.5 Å². The second-order valence-corrected chi connectivity index (χ2v) is 4.30. The molecule has 0 saturated heterocycles. The topological polar surface area (TPSA) is 20.1 Å². The Balaban J connectivity index is 2.43. The zero-order valence-corrected chi connectivity index (χ0v) is 9.36. The minimum Gasteiger partial charge on any atom is -0.0611 e. The Labute approximate surface area is 95.3 Å². The summed E-state index contributed by atoms with van der Waals surface area (Å²) < 4.78 is 1.82. The summed E-state index contributed by atoms with van der Waals surface area (Å²) in [6.07, 6.45) is 0. The first-order chi connectivity index (χ1) is 7.29. The molecule has 2 aromatic rings. The fourth-order valence-corrected chi connectivity index (χ4v) is 2.47. The third-order valence-electron chi connectivity index (χ3n) is 2.60. The molecule has 3 rings (SSSR count). The van der Waals surface area contributed by atoms with Gasteiger partial charge in [-0.25, -0.2) is 0 Å². The van der Waals surface area contributed by atoms with Crippen LogP contribution in [0.1, 0.15) is 0 Å². The molecule has 72 valence electrons. The SMILES string of the molecule is O=[N+]1c2ccccc2-c2cccc(Br)c21. The third-order valence-corrected chi connectivity index (χ3v) is 3.24. The van der Waals surface area contributed by atoms with Gasteiger partial charge >= 0.3 is 0 Å². The summed E-state index contributed by atoms with van der Waals surface area (Å²) in [6.45, 7) is 0. The van der Waals surface area contributed by atoms with Crippen LogP contribution in [0.2, 0.25) is 0 Å². The van der Waals surface area contributed by atoms with Crippen molar-refractivity contribution in [3.8, 4) is 11.1 Å². The van der Waals surface area contributed by atoms with E-state index in [1.54, 1.807) is 0 Å². The molecule has 15 heavy (non-hydrogen) atoms. The van der Waals surface area contributed by atoms with Crippen molar-refractivity contribution in [1.82, 2.24) is 4.76 Å².